The molecule has 0 aromatic heterocycles. The van der Waals surface area contributed by atoms with Crippen molar-refractivity contribution >= 4 is 23.1 Å². The number of fused-ring (bicyclic) bond motifs is 1. The van der Waals surface area contributed by atoms with Crippen LogP contribution in [-0.4, -0.2) is 23.1 Å². The molecule has 0 aliphatic heterocycles. The van der Waals surface area contributed by atoms with Gasteiger partial charge in [0.05, 0.1) is 6.42 Å². The predicted molar refractivity (Wildman–Crippen MR) is 124 cm³/mol. The van der Waals surface area contributed by atoms with Crippen LogP contribution in [0.4, 0.5) is 0 Å². The molecule has 0 N–H and O–H groups in total. The average molecular weight is 427 g/mol. The van der Waals surface area contributed by atoms with E-state index in [1.807, 2.05) is 39.8 Å². The first-order valence-corrected chi connectivity index (χ1v) is 11.8. The summed E-state index contributed by atoms with van der Waals surface area (Å²) in [5.74, 6) is 0.151. The predicted octanol–water partition coefficient (Wildman–Crippen LogP) is 5.96. The first-order valence-electron chi connectivity index (χ1n) is 11.8. The second kappa shape index (κ2) is 11.0. The van der Waals surface area contributed by atoms with E-state index in [-0.39, 0.29) is 53.2 Å². The van der Waals surface area contributed by atoms with E-state index in [0.29, 0.717) is 24.8 Å². The van der Waals surface area contributed by atoms with Gasteiger partial charge in [-0.25, -0.2) is 0 Å². The zero-order valence-electron chi connectivity index (χ0n) is 20.0. The van der Waals surface area contributed by atoms with Crippen molar-refractivity contribution in [2.45, 2.75) is 86.5 Å². The van der Waals surface area contributed by atoms with Crippen molar-refractivity contribution in [3.8, 4) is 0 Å². The molecule has 0 bridgehead atoms. The van der Waals surface area contributed by atoms with Gasteiger partial charge in [-0.2, -0.15) is 0 Å². The highest BCUT2D eigenvalue weighted by Crippen LogP contribution is 2.38. The molecule has 4 nitrogen and oxygen atoms in total. The number of aryl methyl sites for hydroxylation is 1. The molecule has 0 fully saturated rings. The summed E-state index contributed by atoms with van der Waals surface area (Å²) >= 11 is 0. The molecule has 0 radical (unpaired) electrons. The Hall–Kier alpha value is -2.10. The number of carbonyl (C=O) groups excluding carboxylic acids is 4. The van der Waals surface area contributed by atoms with Gasteiger partial charge in [0.1, 0.15) is 11.6 Å². The molecule has 1 aliphatic rings. The summed E-state index contributed by atoms with van der Waals surface area (Å²) < 4.78 is 0. The number of rotatable bonds is 11. The van der Waals surface area contributed by atoms with Gasteiger partial charge in [-0.05, 0) is 56.1 Å². The quantitative estimate of drug-likeness (QED) is 0.323. The van der Waals surface area contributed by atoms with Crippen LogP contribution in [0.15, 0.2) is 12.1 Å². The SMILES string of the molecule is CCCC(CC1CC(=O)c2c(C)ccc(C(=O)C(C)C)c2C1)C(CC)C(=O)CC(C)=O. The van der Waals surface area contributed by atoms with Crippen LogP contribution in [0.2, 0.25) is 0 Å². The molecular weight excluding hydrogens is 388 g/mol. The second-order valence-corrected chi connectivity index (χ2v) is 9.64. The minimum atomic E-state index is -0.144. The Balaban J connectivity index is 2.34. The first-order chi connectivity index (χ1) is 14.6. The van der Waals surface area contributed by atoms with Crippen LogP contribution in [0, 0.1) is 30.6 Å². The van der Waals surface area contributed by atoms with Gasteiger partial charge in [0.25, 0.3) is 0 Å². The van der Waals surface area contributed by atoms with Gasteiger partial charge in [0.15, 0.2) is 11.6 Å². The summed E-state index contributed by atoms with van der Waals surface area (Å²) in [4.78, 5) is 50.2. The molecule has 0 heterocycles. The maximum absolute atomic E-state index is 13.1. The fourth-order valence-corrected chi connectivity index (χ4v) is 5.28. The molecule has 0 amide bonds. The lowest BCUT2D eigenvalue weighted by Crippen LogP contribution is -2.30. The number of hydrogen-bond acceptors (Lipinski definition) is 4. The Morgan fingerprint density at radius 3 is 2.32 bits per heavy atom. The van der Waals surface area contributed by atoms with Crippen LogP contribution >= 0.6 is 0 Å². The lowest BCUT2D eigenvalue weighted by molar-refractivity contribution is -0.129. The lowest BCUT2D eigenvalue weighted by atomic mass is 9.71. The Bertz CT molecular complexity index is 849. The lowest BCUT2D eigenvalue weighted by Gasteiger charge is -2.32. The smallest absolute Gasteiger partial charge is 0.165 e. The summed E-state index contributed by atoms with van der Waals surface area (Å²) in [6, 6.07) is 3.76. The summed E-state index contributed by atoms with van der Waals surface area (Å²) in [7, 11) is 0. The first kappa shape index (κ1) is 25.2. The molecule has 2 rings (SSSR count). The molecule has 0 saturated heterocycles. The molecule has 1 aliphatic carbocycles. The van der Waals surface area contributed by atoms with Crippen molar-refractivity contribution in [1.82, 2.24) is 0 Å². The third-order valence-corrected chi connectivity index (χ3v) is 6.70. The molecule has 0 saturated carbocycles. The minimum Gasteiger partial charge on any atom is -0.300 e. The third kappa shape index (κ3) is 5.99. The molecular formula is C27H38O4. The van der Waals surface area contributed by atoms with Gasteiger partial charge in [-0.15, -0.1) is 0 Å². The molecule has 31 heavy (non-hydrogen) atoms. The number of carbonyl (C=O) groups is 4. The number of Topliss-reactive ketones (excluding diaryl/α,β-unsaturated/α-hetero) is 4. The second-order valence-electron chi connectivity index (χ2n) is 9.64. The zero-order valence-corrected chi connectivity index (χ0v) is 20.0. The highest BCUT2D eigenvalue weighted by Gasteiger charge is 2.34. The number of hydrogen-bond donors (Lipinski definition) is 0. The van der Waals surface area contributed by atoms with E-state index in [9.17, 15) is 19.2 Å². The van der Waals surface area contributed by atoms with E-state index in [1.54, 1.807) is 0 Å². The third-order valence-electron chi connectivity index (χ3n) is 6.70. The van der Waals surface area contributed by atoms with Crippen LogP contribution < -0.4 is 0 Å². The Labute approximate surface area is 187 Å². The van der Waals surface area contributed by atoms with Crippen molar-refractivity contribution < 1.29 is 19.2 Å². The highest BCUT2D eigenvalue weighted by atomic mass is 16.1. The van der Waals surface area contributed by atoms with Gasteiger partial charge in [-0.1, -0.05) is 52.7 Å². The monoisotopic (exact) mass is 426 g/mol. The average Bonchev–Trinajstić information content (AvgIpc) is 2.67. The van der Waals surface area contributed by atoms with Crippen molar-refractivity contribution in [2.24, 2.45) is 23.7 Å². The van der Waals surface area contributed by atoms with Gasteiger partial charge in [0, 0.05) is 29.4 Å². The van der Waals surface area contributed by atoms with Crippen molar-refractivity contribution in [2.75, 3.05) is 0 Å². The summed E-state index contributed by atoms with van der Waals surface area (Å²) in [5, 5.41) is 0. The minimum absolute atomic E-state index is 0.00259. The van der Waals surface area contributed by atoms with E-state index in [0.717, 1.165) is 36.0 Å². The zero-order chi connectivity index (χ0) is 23.3. The van der Waals surface area contributed by atoms with E-state index >= 15 is 0 Å². The molecule has 170 valence electrons. The van der Waals surface area contributed by atoms with Gasteiger partial charge < -0.3 is 0 Å². The van der Waals surface area contributed by atoms with Crippen LogP contribution in [0.3, 0.4) is 0 Å². The Kier molecular flexibility index (Phi) is 8.90. The van der Waals surface area contributed by atoms with E-state index in [4.69, 9.17) is 0 Å². The van der Waals surface area contributed by atoms with E-state index in [2.05, 4.69) is 6.92 Å². The van der Waals surface area contributed by atoms with Crippen molar-refractivity contribution in [1.29, 1.82) is 0 Å². The molecule has 3 unspecified atom stereocenters. The largest absolute Gasteiger partial charge is 0.300 e. The topological polar surface area (TPSA) is 68.3 Å². The van der Waals surface area contributed by atoms with Crippen LogP contribution in [-0.2, 0) is 16.0 Å². The van der Waals surface area contributed by atoms with E-state index < -0.39 is 0 Å². The van der Waals surface area contributed by atoms with E-state index in [1.165, 1.54) is 6.92 Å². The molecule has 4 heteroatoms. The number of benzene rings is 1. The fourth-order valence-electron chi connectivity index (χ4n) is 5.28. The molecule has 0 spiro atoms. The maximum Gasteiger partial charge on any atom is 0.165 e. The summed E-state index contributed by atoms with van der Waals surface area (Å²) in [6.07, 6.45) is 4.53. The molecule has 3 atom stereocenters. The normalized spacial score (nSPS) is 17.9. The highest BCUT2D eigenvalue weighted by molar-refractivity contribution is 6.06. The molecule has 1 aromatic carbocycles. The summed E-state index contributed by atoms with van der Waals surface area (Å²) in [5.41, 5.74) is 3.25. The van der Waals surface area contributed by atoms with Crippen molar-refractivity contribution in [3.63, 3.8) is 0 Å². The maximum atomic E-state index is 13.1. The Morgan fingerprint density at radius 2 is 1.77 bits per heavy atom. The van der Waals surface area contributed by atoms with Crippen LogP contribution in [0.25, 0.3) is 0 Å². The van der Waals surface area contributed by atoms with Crippen LogP contribution in [0.1, 0.15) is 105 Å². The Morgan fingerprint density at radius 1 is 1.10 bits per heavy atom. The van der Waals surface area contributed by atoms with Crippen LogP contribution in [0.5, 0.6) is 0 Å². The molecule has 1 aromatic rings. The standard InChI is InChI=1S/C27H38O4/c1-7-9-20(21(8-2)24(29)12-18(6)28)13-19-14-23-22(27(31)16(3)4)11-10-17(5)26(23)25(30)15-19/h10-11,16,19-21H,7-9,12-15H2,1-6H3. The van der Waals surface area contributed by atoms with Crippen molar-refractivity contribution in [3.05, 3.63) is 34.4 Å². The van der Waals surface area contributed by atoms with Gasteiger partial charge in [0.2, 0.25) is 0 Å². The van der Waals surface area contributed by atoms with Gasteiger partial charge >= 0.3 is 0 Å². The van der Waals surface area contributed by atoms with Gasteiger partial charge in [-0.3, -0.25) is 19.2 Å². The summed E-state index contributed by atoms with van der Waals surface area (Å²) in [6.45, 7) is 11.3. The fraction of sp³-hybridized carbons (Fsp3) is 0.630. The number of ketones is 4.